The van der Waals surface area contributed by atoms with Crippen LogP contribution >= 0.6 is 27.3 Å². The molecule has 1 aliphatic heterocycles. The molecule has 0 aromatic carbocycles. The quantitative estimate of drug-likeness (QED) is 0.323. The number of nitrogens with one attached hydrogen (secondary N) is 1. The van der Waals surface area contributed by atoms with Crippen LogP contribution in [0.2, 0.25) is 0 Å². The molecule has 5 atom stereocenters. The number of phosphoric ester groups is 1. The third-order valence-electron chi connectivity index (χ3n) is 3.56. The monoisotopic (exact) mass is 431 g/mol. The van der Waals surface area contributed by atoms with Crippen LogP contribution in [0.5, 0.6) is 0 Å². The minimum Gasteiger partial charge on any atom is -0.374 e. The Morgan fingerprint density at radius 1 is 1.42 bits per heavy atom. The minimum absolute atomic E-state index is 0.0544. The number of hydrogen-bond acceptors (Lipinski definition) is 8. The zero-order valence-corrected chi connectivity index (χ0v) is 16.0. The average Bonchev–Trinajstić information content (AvgIpc) is 2.83. The molecule has 146 valence electrons. The standard InChI is InChI=1S/C11H16N2O10P2S/c1-20-9-8(23-24(16)26)6(3-5-21-25(17,18)19)22-10(9)13-4-2-7(14)12-11(13)15/h2,4,6,8-10H,3,5H2,1H3,(H3-,12,14,15,16,17,18,19,26)/p+1/t6?,8?,9-,10+/m0/s1. The van der Waals surface area contributed by atoms with Gasteiger partial charge in [-0.1, -0.05) is 0 Å². The number of aromatic amines is 1. The molecule has 0 saturated carbocycles. The van der Waals surface area contributed by atoms with Gasteiger partial charge in [-0.2, -0.15) is 0 Å². The Kier molecular flexibility index (Phi) is 7.31. The number of H-pyrrole nitrogens is 1. The molecule has 1 aliphatic rings. The molecule has 0 aliphatic carbocycles. The van der Waals surface area contributed by atoms with E-state index in [0.717, 1.165) is 10.6 Å². The highest BCUT2D eigenvalue weighted by Gasteiger charge is 2.50. The second-order valence-electron chi connectivity index (χ2n) is 5.20. The lowest BCUT2D eigenvalue weighted by atomic mass is 10.1. The number of ether oxygens (including phenoxy) is 2. The smallest absolute Gasteiger partial charge is 0.374 e. The first-order valence-corrected chi connectivity index (χ1v) is 11.0. The van der Waals surface area contributed by atoms with Crippen LogP contribution in [-0.2, 0) is 27.7 Å². The van der Waals surface area contributed by atoms with Crippen LogP contribution in [0.3, 0.4) is 0 Å². The molecule has 1 aromatic heterocycles. The van der Waals surface area contributed by atoms with Crippen LogP contribution in [0.1, 0.15) is 12.6 Å². The van der Waals surface area contributed by atoms with E-state index in [0.29, 0.717) is 0 Å². The van der Waals surface area contributed by atoms with Crippen molar-refractivity contribution in [2.75, 3.05) is 13.7 Å². The number of nitrogens with zero attached hydrogens (tertiary/aromatic N) is 1. The lowest BCUT2D eigenvalue weighted by Gasteiger charge is -2.19. The molecule has 0 amide bonds. The third kappa shape index (κ3) is 5.56. The van der Waals surface area contributed by atoms with Crippen molar-refractivity contribution in [3.63, 3.8) is 0 Å². The number of phosphoric acid groups is 1. The van der Waals surface area contributed by atoms with Gasteiger partial charge in [0, 0.05) is 25.8 Å². The Hall–Kier alpha value is -0.880. The summed E-state index contributed by atoms with van der Waals surface area (Å²) in [6.45, 7) is -0.387. The van der Waals surface area contributed by atoms with E-state index in [4.69, 9.17) is 23.8 Å². The van der Waals surface area contributed by atoms with Gasteiger partial charge in [-0.05, 0) is 4.57 Å². The number of rotatable bonds is 8. The summed E-state index contributed by atoms with van der Waals surface area (Å²) in [6.07, 6.45) is -2.65. The van der Waals surface area contributed by atoms with Gasteiger partial charge in [0.2, 0.25) is 0 Å². The summed E-state index contributed by atoms with van der Waals surface area (Å²) in [5.41, 5.74) is -1.36. The molecule has 2 rings (SSSR count). The van der Waals surface area contributed by atoms with Crippen LogP contribution in [0.15, 0.2) is 21.9 Å². The van der Waals surface area contributed by atoms with Gasteiger partial charge >= 0.3 is 20.7 Å². The molecule has 12 nitrogen and oxygen atoms in total. The van der Waals surface area contributed by atoms with Crippen molar-refractivity contribution in [3.05, 3.63) is 33.1 Å². The molecule has 2 heterocycles. The topological polar surface area (TPSA) is 166 Å². The normalized spacial score (nSPS) is 26.8. The third-order valence-corrected chi connectivity index (χ3v) is 4.78. The van der Waals surface area contributed by atoms with Crippen LogP contribution in [0.4, 0.5) is 0 Å². The molecular formula is C11H17N2O10P2S+. The summed E-state index contributed by atoms with van der Waals surface area (Å²) >= 11 is 3.68. The fourth-order valence-electron chi connectivity index (χ4n) is 2.56. The maximum atomic E-state index is 12.0. The van der Waals surface area contributed by atoms with Crippen molar-refractivity contribution in [1.82, 2.24) is 9.55 Å². The summed E-state index contributed by atoms with van der Waals surface area (Å²) in [5, 5.41) is 0. The largest absolute Gasteiger partial charge is 0.582 e. The van der Waals surface area contributed by atoms with E-state index in [1.165, 1.54) is 13.3 Å². The summed E-state index contributed by atoms with van der Waals surface area (Å²) in [7, 11) is -5.72. The van der Waals surface area contributed by atoms with Gasteiger partial charge in [0.05, 0.1) is 12.7 Å². The Morgan fingerprint density at radius 3 is 2.65 bits per heavy atom. The van der Waals surface area contributed by atoms with Crippen molar-refractivity contribution in [2.45, 2.75) is 31.0 Å². The zero-order chi connectivity index (χ0) is 19.5. The van der Waals surface area contributed by atoms with E-state index >= 15 is 0 Å². The maximum absolute atomic E-state index is 12.0. The van der Waals surface area contributed by atoms with Crippen molar-refractivity contribution in [2.24, 2.45) is 0 Å². The maximum Gasteiger partial charge on any atom is 0.582 e. The first-order chi connectivity index (χ1) is 12.1. The van der Waals surface area contributed by atoms with Crippen molar-refractivity contribution in [3.8, 4) is 0 Å². The average molecular weight is 431 g/mol. The van der Waals surface area contributed by atoms with Gasteiger partial charge in [-0.3, -0.25) is 18.9 Å². The zero-order valence-electron chi connectivity index (χ0n) is 13.3. The predicted octanol–water partition coefficient (Wildman–Crippen LogP) is -0.0792. The van der Waals surface area contributed by atoms with Gasteiger partial charge < -0.3 is 19.3 Å². The first-order valence-electron chi connectivity index (χ1n) is 7.15. The van der Waals surface area contributed by atoms with Gasteiger partial charge in [0.25, 0.3) is 5.56 Å². The second kappa shape index (κ2) is 8.87. The molecule has 0 radical (unpaired) electrons. The number of methoxy groups -OCH3 is 1. The van der Waals surface area contributed by atoms with Crippen LogP contribution in [0, 0.1) is 0 Å². The Labute approximate surface area is 152 Å². The molecule has 1 saturated heterocycles. The van der Waals surface area contributed by atoms with E-state index in [9.17, 15) is 18.7 Å². The molecular weight excluding hydrogens is 414 g/mol. The van der Waals surface area contributed by atoms with E-state index < -0.39 is 50.8 Å². The van der Waals surface area contributed by atoms with E-state index in [-0.39, 0.29) is 13.0 Å². The molecule has 0 bridgehead atoms. The minimum atomic E-state index is -4.67. The van der Waals surface area contributed by atoms with Crippen LogP contribution in [-0.4, -0.2) is 51.4 Å². The fourth-order valence-corrected chi connectivity index (χ4v) is 3.70. The summed E-state index contributed by atoms with van der Waals surface area (Å²) < 4.78 is 43.8. The molecule has 1 aromatic rings. The van der Waals surface area contributed by atoms with Gasteiger partial charge in [-0.25, -0.2) is 9.36 Å². The molecule has 1 fully saturated rings. The van der Waals surface area contributed by atoms with Crippen LogP contribution < -0.4 is 11.2 Å². The fraction of sp³-hybridized carbons (Fsp3) is 0.636. The number of thiol groups is 1. The van der Waals surface area contributed by atoms with Crippen molar-refractivity contribution in [1.29, 1.82) is 0 Å². The number of aromatic nitrogens is 2. The lowest BCUT2D eigenvalue weighted by molar-refractivity contribution is -0.0562. The van der Waals surface area contributed by atoms with Crippen molar-refractivity contribution < 1.29 is 37.4 Å². The number of hydrogen-bond donors (Lipinski definition) is 4. The molecule has 3 unspecified atom stereocenters. The first kappa shape index (κ1) is 21.4. The van der Waals surface area contributed by atoms with Crippen LogP contribution in [0.25, 0.3) is 0 Å². The summed E-state index contributed by atoms with van der Waals surface area (Å²) in [4.78, 5) is 42.8. The predicted molar refractivity (Wildman–Crippen MR) is 90.1 cm³/mol. The van der Waals surface area contributed by atoms with E-state index in [2.05, 4.69) is 21.8 Å². The van der Waals surface area contributed by atoms with Gasteiger partial charge in [0.1, 0.15) is 18.4 Å². The highest BCUT2D eigenvalue weighted by molar-refractivity contribution is 8.39. The second-order valence-corrected chi connectivity index (χ2v) is 8.11. The molecule has 3 N–H and O–H groups in total. The summed E-state index contributed by atoms with van der Waals surface area (Å²) in [5.74, 6) is 0. The Balaban J connectivity index is 2.26. The molecule has 15 heteroatoms. The van der Waals surface area contributed by atoms with Gasteiger partial charge in [0.15, 0.2) is 12.3 Å². The Morgan fingerprint density at radius 2 is 2.12 bits per heavy atom. The summed E-state index contributed by atoms with van der Waals surface area (Å²) in [6, 6.07) is 1.11. The Bertz CT molecular complexity index is 807. The van der Waals surface area contributed by atoms with Crippen molar-refractivity contribution >= 4 is 27.3 Å². The SMILES string of the molecule is CO[C@H]1C(O[P+](=O)S)C(CCOP(=O)(O)O)O[C@H]1n1ccc(=O)[nH]c1=O. The van der Waals surface area contributed by atoms with E-state index in [1.54, 1.807) is 0 Å². The van der Waals surface area contributed by atoms with Gasteiger partial charge in [-0.15, -0.1) is 4.52 Å². The van der Waals surface area contributed by atoms with E-state index in [1.807, 2.05) is 0 Å². The highest BCUT2D eigenvalue weighted by Crippen LogP contribution is 2.42. The lowest BCUT2D eigenvalue weighted by Crippen LogP contribution is -2.39. The highest BCUT2D eigenvalue weighted by atomic mass is 32.7. The molecule has 0 spiro atoms. The molecule has 26 heavy (non-hydrogen) atoms.